The number of carbonyl (C=O) groups is 1. The lowest BCUT2D eigenvalue weighted by Crippen LogP contribution is -2.10. The molecule has 0 atom stereocenters. The molecule has 0 N–H and O–H groups in total. The molecule has 19 heavy (non-hydrogen) atoms. The van der Waals surface area contributed by atoms with E-state index in [0.29, 0.717) is 10.6 Å². The molecule has 4 nitrogen and oxygen atoms in total. The van der Waals surface area contributed by atoms with Gasteiger partial charge in [-0.05, 0) is 32.9 Å². The minimum Gasteiger partial charge on any atom is -0.294 e. The second-order valence-electron chi connectivity index (χ2n) is 4.66. The van der Waals surface area contributed by atoms with Crippen LogP contribution in [0.5, 0.6) is 0 Å². The molecule has 0 aliphatic heterocycles. The lowest BCUT2D eigenvalue weighted by atomic mass is 10.0. The highest BCUT2D eigenvalue weighted by Gasteiger charge is 2.17. The minimum atomic E-state index is 0.00917. The van der Waals surface area contributed by atoms with Gasteiger partial charge in [0.05, 0.1) is 22.8 Å². The van der Waals surface area contributed by atoms with Crippen LogP contribution < -0.4 is 0 Å². The molecule has 0 radical (unpaired) electrons. The van der Waals surface area contributed by atoms with Crippen molar-refractivity contribution in [3.63, 3.8) is 0 Å². The molecule has 2 rings (SSSR count). The zero-order valence-corrected chi connectivity index (χ0v) is 12.2. The van der Waals surface area contributed by atoms with Crippen LogP contribution in [0.4, 0.5) is 0 Å². The van der Waals surface area contributed by atoms with Crippen molar-refractivity contribution >= 4 is 17.4 Å². The number of halogens is 1. The first-order chi connectivity index (χ1) is 8.90. The second-order valence-corrected chi connectivity index (χ2v) is 5.03. The van der Waals surface area contributed by atoms with Crippen molar-refractivity contribution in [2.24, 2.45) is 7.05 Å². The Morgan fingerprint density at radius 1 is 1.26 bits per heavy atom. The summed E-state index contributed by atoms with van der Waals surface area (Å²) in [5.74, 6) is 0.00917. The summed E-state index contributed by atoms with van der Waals surface area (Å²) in [6, 6.07) is 3.66. The number of ketones is 1. The lowest BCUT2D eigenvalue weighted by Gasteiger charge is -2.06. The molecule has 0 amide bonds. The van der Waals surface area contributed by atoms with E-state index in [2.05, 4.69) is 10.1 Å². The highest BCUT2D eigenvalue weighted by atomic mass is 35.5. The van der Waals surface area contributed by atoms with Crippen LogP contribution in [0.1, 0.15) is 33.1 Å². The van der Waals surface area contributed by atoms with E-state index in [4.69, 9.17) is 11.6 Å². The Morgan fingerprint density at radius 3 is 2.47 bits per heavy atom. The van der Waals surface area contributed by atoms with Crippen molar-refractivity contribution in [3.8, 4) is 0 Å². The Morgan fingerprint density at radius 2 is 1.95 bits per heavy atom. The number of Topliss-reactive ketones (excluding diaryl/α,β-unsaturated/α-hetero) is 1. The Kier molecular flexibility index (Phi) is 3.71. The van der Waals surface area contributed by atoms with Crippen LogP contribution in [-0.2, 0) is 13.5 Å². The van der Waals surface area contributed by atoms with E-state index in [9.17, 15) is 4.79 Å². The minimum absolute atomic E-state index is 0.00917. The van der Waals surface area contributed by atoms with Crippen LogP contribution in [0.15, 0.2) is 12.1 Å². The maximum atomic E-state index is 12.3. The molecule has 0 aliphatic carbocycles. The van der Waals surface area contributed by atoms with Gasteiger partial charge in [-0.3, -0.25) is 14.5 Å². The standard InChI is InChI=1S/C14H16ClN3O/c1-8-5-6-11(9(2)16-8)13(19)7-12-14(15)10(3)17-18(12)4/h5-6H,7H2,1-4H3. The Hall–Kier alpha value is -1.68. The molecule has 5 heteroatoms. The van der Waals surface area contributed by atoms with Gasteiger partial charge < -0.3 is 0 Å². The Balaban J connectivity index is 2.31. The molecule has 0 unspecified atom stereocenters. The van der Waals surface area contributed by atoms with Crippen LogP contribution in [0.3, 0.4) is 0 Å². The molecule has 0 bridgehead atoms. The Labute approximate surface area is 117 Å². The second kappa shape index (κ2) is 5.13. The van der Waals surface area contributed by atoms with Crippen LogP contribution in [0, 0.1) is 20.8 Å². The zero-order chi connectivity index (χ0) is 14.2. The van der Waals surface area contributed by atoms with Gasteiger partial charge in [-0.15, -0.1) is 0 Å². The molecule has 0 saturated carbocycles. The largest absolute Gasteiger partial charge is 0.294 e. The SMILES string of the molecule is Cc1ccc(C(=O)Cc2c(Cl)c(C)nn2C)c(C)n1. The molecule has 2 heterocycles. The number of nitrogens with zero attached hydrogens (tertiary/aromatic N) is 3. The fraction of sp³-hybridized carbons (Fsp3) is 0.357. The summed E-state index contributed by atoms with van der Waals surface area (Å²) in [4.78, 5) is 16.6. The first kappa shape index (κ1) is 13.7. The zero-order valence-electron chi connectivity index (χ0n) is 11.5. The summed E-state index contributed by atoms with van der Waals surface area (Å²) in [7, 11) is 1.79. The van der Waals surface area contributed by atoms with Gasteiger partial charge >= 0.3 is 0 Å². The van der Waals surface area contributed by atoms with E-state index in [-0.39, 0.29) is 12.2 Å². The molecule has 100 valence electrons. The average Bonchev–Trinajstić information content (AvgIpc) is 2.56. The maximum Gasteiger partial charge on any atom is 0.170 e. The van der Waals surface area contributed by atoms with Crippen molar-refractivity contribution in [1.29, 1.82) is 0 Å². The average molecular weight is 278 g/mol. The van der Waals surface area contributed by atoms with Gasteiger partial charge in [-0.2, -0.15) is 5.10 Å². The van der Waals surface area contributed by atoms with Gasteiger partial charge in [0.25, 0.3) is 0 Å². The number of pyridine rings is 1. The van der Waals surface area contributed by atoms with Crippen LogP contribution in [0.25, 0.3) is 0 Å². The third kappa shape index (κ3) is 2.68. The fourth-order valence-corrected chi connectivity index (χ4v) is 2.33. The highest BCUT2D eigenvalue weighted by molar-refractivity contribution is 6.32. The molecular formula is C14H16ClN3O. The van der Waals surface area contributed by atoms with Crippen molar-refractivity contribution in [2.45, 2.75) is 27.2 Å². The number of hydrogen-bond donors (Lipinski definition) is 0. The first-order valence-electron chi connectivity index (χ1n) is 6.05. The van der Waals surface area contributed by atoms with Gasteiger partial charge in [-0.1, -0.05) is 11.6 Å². The molecule has 0 saturated heterocycles. The van der Waals surface area contributed by atoms with E-state index in [1.54, 1.807) is 11.7 Å². The molecule has 2 aromatic rings. The van der Waals surface area contributed by atoms with E-state index in [1.807, 2.05) is 32.9 Å². The summed E-state index contributed by atoms with van der Waals surface area (Å²) in [5, 5.41) is 4.77. The summed E-state index contributed by atoms with van der Waals surface area (Å²) in [5.41, 5.74) is 3.78. The number of rotatable bonds is 3. The third-order valence-electron chi connectivity index (χ3n) is 3.12. The molecule has 2 aromatic heterocycles. The fourth-order valence-electron chi connectivity index (χ4n) is 2.10. The maximum absolute atomic E-state index is 12.3. The van der Waals surface area contributed by atoms with Crippen molar-refractivity contribution in [1.82, 2.24) is 14.8 Å². The topological polar surface area (TPSA) is 47.8 Å². The van der Waals surface area contributed by atoms with Crippen molar-refractivity contribution < 1.29 is 4.79 Å². The summed E-state index contributed by atoms with van der Waals surface area (Å²) < 4.78 is 1.66. The predicted molar refractivity (Wildman–Crippen MR) is 74.7 cm³/mol. The third-order valence-corrected chi connectivity index (χ3v) is 3.61. The monoisotopic (exact) mass is 277 g/mol. The number of carbonyl (C=O) groups excluding carboxylic acids is 1. The number of aryl methyl sites for hydroxylation is 4. The summed E-state index contributed by atoms with van der Waals surface area (Å²) in [6.07, 6.45) is 0.238. The van der Waals surface area contributed by atoms with E-state index >= 15 is 0 Å². The smallest absolute Gasteiger partial charge is 0.170 e. The van der Waals surface area contributed by atoms with Crippen LogP contribution in [0.2, 0.25) is 5.02 Å². The highest BCUT2D eigenvalue weighted by Crippen LogP contribution is 2.21. The van der Waals surface area contributed by atoms with Crippen LogP contribution >= 0.6 is 11.6 Å². The molecular weight excluding hydrogens is 262 g/mol. The molecule has 0 spiro atoms. The predicted octanol–water partition coefficient (Wildman–Crippen LogP) is 2.82. The van der Waals surface area contributed by atoms with Crippen molar-refractivity contribution in [3.05, 3.63) is 45.5 Å². The van der Waals surface area contributed by atoms with Gasteiger partial charge in [0.2, 0.25) is 0 Å². The molecule has 0 aliphatic rings. The summed E-state index contributed by atoms with van der Waals surface area (Å²) in [6.45, 7) is 5.58. The van der Waals surface area contributed by atoms with Gasteiger partial charge in [0.15, 0.2) is 5.78 Å². The van der Waals surface area contributed by atoms with E-state index in [1.165, 1.54) is 0 Å². The Bertz CT molecular complexity index is 646. The normalized spacial score (nSPS) is 10.8. The van der Waals surface area contributed by atoms with Crippen LogP contribution in [-0.4, -0.2) is 20.5 Å². The van der Waals surface area contributed by atoms with Gasteiger partial charge in [0.1, 0.15) is 0 Å². The number of hydrogen-bond acceptors (Lipinski definition) is 3. The quantitative estimate of drug-likeness (QED) is 0.811. The molecule has 0 aromatic carbocycles. The molecule has 0 fully saturated rings. The van der Waals surface area contributed by atoms with E-state index < -0.39 is 0 Å². The first-order valence-corrected chi connectivity index (χ1v) is 6.43. The van der Waals surface area contributed by atoms with Gasteiger partial charge in [0, 0.05) is 24.0 Å². The number of aromatic nitrogens is 3. The van der Waals surface area contributed by atoms with Gasteiger partial charge in [-0.25, -0.2) is 0 Å². The summed E-state index contributed by atoms with van der Waals surface area (Å²) >= 11 is 6.16. The van der Waals surface area contributed by atoms with Crippen molar-refractivity contribution in [2.75, 3.05) is 0 Å². The van der Waals surface area contributed by atoms with E-state index in [0.717, 1.165) is 22.8 Å². The lowest BCUT2D eigenvalue weighted by molar-refractivity contribution is 0.0989.